The average Bonchev–Trinajstić information content (AvgIpc) is 2.37. The van der Waals surface area contributed by atoms with Crippen molar-refractivity contribution in [3.05, 3.63) is 69.7 Å². The Morgan fingerprint density at radius 3 is 2.15 bits per heavy atom. The minimum atomic E-state index is -4.33. The molecular formula is C15H13ClF3N. The van der Waals surface area contributed by atoms with E-state index < -0.39 is 17.8 Å². The molecule has 0 aliphatic carbocycles. The highest BCUT2D eigenvalue weighted by molar-refractivity contribution is 6.30. The predicted molar refractivity (Wildman–Crippen MR) is 73.7 cm³/mol. The maximum absolute atomic E-state index is 12.5. The molecule has 0 radical (unpaired) electrons. The molecule has 0 spiro atoms. The summed E-state index contributed by atoms with van der Waals surface area (Å²) in [4.78, 5) is 0. The lowest BCUT2D eigenvalue weighted by atomic mass is 9.95. The molecule has 106 valence electrons. The molecule has 0 aromatic heterocycles. The average molecular weight is 300 g/mol. The molecule has 20 heavy (non-hydrogen) atoms. The van der Waals surface area contributed by atoms with Gasteiger partial charge in [-0.2, -0.15) is 13.2 Å². The standard InChI is InChI=1S/C15H13ClF3N/c1-9-8-12(16)6-7-13(9)14(20)10-2-4-11(5-3-10)15(17,18)19/h2-8,14H,20H2,1H3. The molecule has 2 N–H and O–H groups in total. The van der Waals surface area contributed by atoms with Crippen LogP contribution in [0.1, 0.15) is 28.3 Å². The summed E-state index contributed by atoms with van der Waals surface area (Å²) in [5.74, 6) is 0. The van der Waals surface area contributed by atoms with Gasteiger partial charge in [0.05, 0.1) is 11.6 Å². The van der Waals surface area contributed by atoms with Gasteiger partial charge in [-0.1, -0.05) is 29.8 Å². The van der Waals surface area contributed by atoms with Gasteiger partial charge in [-0.05, 0) is 47.9 Å². The number of rotatable bonds is 2. The third-order valence-electron chi connectivity index (χ3n) is 3.16. The normalized spacial score (nSPS) is 13.3. The van der Waals surface area contributed by atoms with E-state index in [1.807, 2.05) is 6.92 Å². The van der Waals surface area contributed by atoms with E-state index in [1.165, 1.54) is 12.1 Å². The summed E-state index contributed by atoms with van der Waals surface area (Å²) in [6, 6.07) is 9.70. The van der Waals surface area contributed by atoms with Gasteiger partial charge in [0.1, 0.15) is 0 Å². The number of benzene rings is 2. The molecule has 0 saturated heterocycles. The topological polar surface area (TPSA) is 26.0 Å². The van der Waals surface area contributed by atoms with Crippen molar-refractivity contribution in [2.45, 2.75) is 19.1 Å². The number of nitrogens with two attached hydrogens (primary N) is 1. The molecule has 0 fully saturated rings. The highest BCUT2D eigenvalue weighted by Crippen LogP contribution is 2.31. The summed E-state index contributed by atoms with van der Waals surface area (Å²) in [7, 11) is 0. The van der Waals surface area contributed by atoms with E-state index in [0.29, 0.717) is 10.6 Å². The number of hydrogen-bond acceptors (Lipinski definition) is 1. The molecule has 2 aromatic carbocycles. The molecule has 1 atom stereocenters. The molecule has 0 amide bonds. The van der Waals surface area contributed by atoms with Crippen molar-refractivity contribution < 1.29 is 13.2 Å². The van der Waals surface area contributed by atoms with Gasteiger partial charge in [0, 0.05) is 5.02 Å². The van der Waals surface area contributed by atoms with Gasteiger partial charge in [0.25, 0.3) is 0 Å². The number of aryl methyl sites for hydroxylation is 1. The number of hydrogen-bond donors (Lipinski definition) is 1. The fourth-order valence-corrected chi connectivity index (χ4v) is 2.27. The number of alkyl halides is 3. The van der Waals surface area contributed by atoms with Crippen molar-refractivity contribution in [2.75, 3.05) is 0 Å². The second-order valence-corrected chi connectivity index (χ2v) is 5.03. The fourth-order valence-electron chi connectivity index (χ4n) is 2.05. The van der Waals surface area contributed by atoms with Crippen LogP contribution in [-0.2, 0) is 6.18 Å². The van der Waals surface area contributed by atoms with Crippen LogP contribution in [0.5, 0.6) is 0 Å². The monoisotopic (exact) mass is 299 g/mol. The van der Waals surface area contributed by atoms with Gasteiger partial charge >= 0.3 is 6.18 Å². The van der Waals surface area contributed by atoms with Crippen LogP contribution in [0.15, 0.2) is 42.5 Å². The Balaban J connectivity index is 2.31. The molecule has 0 aliphatic heterocycles. The van der Waals surface area contributed by atoms with Crippen LogP contribution in [0.4, 0.5) is 13.2 Å². The summed E-state index contributed by atoms with van der Waals surface area (Å²) < 4.78 is 37.5. The highest BCUT2D eigenvalue weighted by Gasteiger charge is 2.30. The molecular weight excluding hydrogens is 287 g/mol. The summed E-state index contributed by atoms with van der Waals surface area (Å²) >= 11 is 5.87. The van der Waals surface area contributed by atoms with E-state index in [4.69, 9.17) is 17.3 Å². The zero-order valence-electron chi connectivity index (χ0n) is 10.7. The second-order valence-electron chi connectivity index (χ2n) is 4.60. The quantitative estimate of drug-likeness (QED) is 0.853. The lowest BCUT2D eigenvalue weighted by molar-refractivity contribution is -0.137. The van der Waals surface area contributed by atoms with Crippen molar-refractivity contribution in [1.82, 2.24) is 0 Å². The van der Waals surface area contributed by atoms with E-state index in [0.717, 1.165) is 23.3 Å². The largest absolute Gasteiger partial charge is 0.416 e. The Kier molecular flexibility index (Phi) is 4.06. The third-order valence-corrected chi connectivity index (χ3v) is 3.40. The van der Waals surface area contributed by atoms with Crippen molar-refractivity contribution in [1.29, 1.82) is 0 Å². The van der Waals surface area contributed by atoms with Crippen molar-refractivity contribution >= 4 is 11.6 Å². The Bertz CT molecular complexity index is 606. The van der Waals surface area contributed by atoms with E-state index in [9.17, 15) is 13.2 Å². The molecule has 2 aromatic rings. The summed E-state index contributed by atoms with van der Waals surface area (Å²) in [6.07, 6.45) is -4.33. The Morgan fingerprint density at radius 2 is 1.65 bits per heavy atom. The molecule has 0 heterocycles. The van der Waals surface area contributed by atoms with Crippen LogP contribution in [0, 0.1) is 6.92 Å². The summed E-state index contributed by atoms with van der Waals surface area (Å²) in [5.41, 5.74) is 7.80. The van der Waals surface area contributed by atoms with E-state index >= 15 is 0 Å². The first-order valence-corrected chi connectivity index (χ1v) is 6.35. The molecule has 2 rings (SSSR count). The Hall–Kier alpha value is -1.52. The predicted octanol–water partition coefficient (Wildman–Crippen LogP) is 4.72. The summed E-state index contributed by atoms with van der Waals surface area (Å²) in [5, 5.41) is 0.603. The van der Waals surface area contributed by atoms with Crippen LogP contribution in [-0.4, -0.2) is 0 Å². The minimum absolute atomic E-state index is 0.477. The van der Waals surface area contributed by atoms with Crippen LogP contribution >= 0.6 is 11.6 Å². The van der Waals surface area contributed by atoms with Crippen LogP contribution in [0.3, 0.4) is 0 Å². The van der Waals surface area contributed by atoms with Gasteiger partial charge < -0.3 is 5.73 Å². The van der Waals surface area contributed by atoms with Crippen molar-refractivity contribution in [3.63, 3.8) is 0 Å². The lowest BCUT2D eigenvalue weighted by Crippen LogP contribution is -2.14. The molecule has 0 saturated carbocycles. The highest BCUT2D eigenvalue weighted by atomic mass is 35.5. The first kappa shape index (κ1) is 14.9. The summed E-state index contributed by atoms with van der Waals surface area (Å²) in [6.45, 7) is 1.87. The minimum Gasteiger partial charge on any atom is -0.320 e. The molecule has 0 aliphatic rings. The van der Waals surface area contributed by atoms with Crippen LogP contribution in [0.2, 0.25) is 5.02 Å². The first-order valence-electron chi connectivity index (χ1n) is 5.98. The fraction of sp³-hybridized carbons (Fsp3) is 0.200. The van der Waals surface area contributed by atoms with Crippen molar-refractivity contribution in [3.8, 4) is 0 Å². The third kappa shape index (κ3) is 3.14. The zero-order valence-corrected chi connectivity index (χ0v) is 11.5. The maximum Gasteiger partial charge on any atom is 0.416 e. The molecule has 5 heteroatoms. The smallest absolute Gasteiger partial charge is 0.320 e. The first-order chi connectivity index (χ1) is 9.29. The van der Waals surface area contributed by atoms with E-state index in [-0.39, 0.29) is 0 Å². The van der Waals surface area contributed by atoms with Gasteiger partial charge in [-0.25, -0.2) is 0 Å². The Morgan fingerprint density at radius 1 is 1.05 bits per heavy atom. The second kappa shape index (κ2) is 5.46. The molecule has 0 bridgehead atoms. The zero-order chi connectivity index (χ0) is 14.9. The maximum atomic E-state index is 12.5. The van der Waals surface area contributed by atoms with Gasteiger partial charge in [-0.15, -0.1) is 0 Å². The lowest BCUT2D eigenvalue weighted by Gasteiger charge is -2.16. The van der Waals surface area contributed by atoms with Crippen molar-refractivity contribution in [2.24, 2.45) is 5.73 Å². The number of halogens is 4. The molecule has 1 nitrogen and oxygen atoms in total. The molecule has 1 unspecified atom stereocenters. The van der Waals surface area contributed by atoms with E-state index in [1.54, 1.807) is 18.2 Å². The van der Waals surface area contributed by atoms with Gasteiger partial charge in [-0.3, -0.25) is 0 Å². The van der Waals surface area contributed by atoms with Crippen LogP contribution < -0.4 is 5.73 Å². The van der Waals surface area contributed by atoms with Gasteiger partial charge in [0.15, 0.2) is 0 Å². The van der Waals surface area contributed by atoms with Crippen LogP contribution in [0.25, 0.3) is 0 Å². The van der Waals surface area contributed by atoms with E-state index in [2.05, 4.69) is 0 Å². The Labute approximate surface area is 120 Å². The van der Waals surface area contributed by atoms with Gasteiger partial charge in [0.2, 0.25) is 0 Å². The SMILES string of the molecule is Cc1cc(Cl)ccc1C(N)c1ccc(C(F)(F)F)cc1.